The Morgan fingerprint density at radius 2 is 1.62 bits per heavy atom. The van der Waals surface area contributed by atoms with Crippen molar-refractivity contribution in [2.45, 2.75) is 20.4 Å². The molecule has 0 aliphatic carbocycles. The maximum Gasteiger partial charge on any atom is 0.336 e. The quantitative estimate of drug-likeness (QED) is 0.608. The SMILES string of the molecule is Cc1cc2oc(=O)cc(C[NH+]3CC[NH+](CCOc4ccccc4)CC3)c2cc1C. The van der Waals surface area contributed by atoms with Crippen LogP contribution in [0.3, 0.4) is 0 Å². The van der Waals surface area contributed by atoms with Crippen molar-refractivity contribution in [2.75, 3.05) is 39.3 Å². The molecule has 1 saturated heterocycles. The monoisotopic (exact) mass is 394 g/mol. The van der Waals surface area contributed by atoms with E-state index in [1.54, 1.807) is 11.0 Å². The van der Waals surface area contributed by atoms with Crippen molar-refractivity contribution in [3.63, 3.8) is 0 Å². The first-order valence-corrected chi connectivity index (χ1v) is 10.5. The van der Waals surface area contributed by atoms with Gasteiger partial charge in [-0.2, -0.15) is 0 Å². The van der Waals surface area contributed by atoms with Crippen molar-refractivity contribution in [1.82, 2.24) is 0 Å². The zero-order valence-electron chi connectivity index (χ0n) is 17.3. The van der Waals surface area contributed by atoms with E-state index < -0.39 is 0 Å². The Kier molecular flexibility index (Phi) is 5.97. The van der Waals surface area contributed by atoms with Gasteiger partial charge in [0, 0.05) is 17.0 Å². The van der Waals surface area contributed by atoms with Gasteiger partial charge in [-0.1, -0.05) is 18.2 Å². The number of fused-ring (bicyclic) bond motifs is 1. The zero-order chi connectivity index (χ0) is 20.2. The highest BCUT2D eigenvalue weighted by molar-refractivity contribution is 5.81. The molecular formula is C24H30N2O3+2. The van der Waals surface area contributed by atoms with Crippen molar-refractivity contribution in [1.29, 1.82) is 0 Å². The average molecular weight is 395 g/mol. The number of piperazine rings is 1. The third-order valence-electron chi connectivity index (χ3n) is 6.02. The third-order valence-corrected chi connectivity index (χ3v) is 6.02. The molecule has 0 bridgehead atoms. The molecule has 1 fully saturated rings. The second kappa shape index (κ2) is 8.80. The molecule has 3 aromatic rings. The smallest absolute Gasteiger partial charge is 0.336 e. The zero-order valence-corrected chi connectivity index (χ0v) is 17.3. The van der Waals surface area contributed by atoms with Gasteiger partial charge in [-0.25, -0.2) is 4.79 Å². The summed E-state index contributed by atoms with van der Waals surface area (Å²) in [6.07, 6.45) is 0. The van der Waals surface area contributed by atoms with E-state index in [1.165, 1.54) is 10.5 Å². The van der Waals surface area contributed by atoms with Crippen LogP contribution in [-0.2, 0) is 6.54 Å². The maximum atomic E-state index is 12.0. The van der Waals surface area contributed by atoms with Crippen molar-refractivity contribution < 1.29 is 19.0 Å². The molecule has 2 aromatic carbocycles. The molecule has 0 spiro atoms. The minimum absolute atomic E-state index is 0.252. The molecule has 2 heterocycles. The normalized spacial score (nSPS) is 19.4. The van der Waals surface area contributed by atoms with E-state index >= 15 is 0 Å². The van der Waals surface area contributed by atoms with Gasteiger partial charge in [-0.05, 0) is 49.2 Å². The maximum absolute atomic E-state index is 12.0. The highest BCUT2D eigenvalue weighted by Crippen LogP contribution is 2.21. The van der Waals surface area contributed by atoms with Crippen LogP contribution in [-0.4, -0.2) is 39.3 Å². The molecule has 0 saturated carbocycles. The number of aryl methyl sites for hydroxylation is 2. The Bertz CT molecular complexity index is 1020. The van der Waals surface area contributed by atoms with Gasteiger partial charge in [0.1, 0.15) is 57.2 Å². The lowest BCUT2D eigenvalue weighted by molar-refractivity contribution is -1.02. The van der Waals surface area contributed by atoms with Crippen LogP contribution in [0.4, 0.5) is 0 Å². The van der Waals surface area contributed by atoms with E-state index in [9.17, 15) is 4.79 Å². The van der Waals surface area contributed by atoms with E-state index in [-0.39, 0.29) is 5.63 Å². The first-order valence-electron chi connectivity index (χ1n) is 10.5. The summed E-state index contributed by atoms with van der Waals surface area (Å²) >= 11 is 0. The largest absolute Gasteiger partial charge is 0.488 e. The lowest BCUT2D eigenvalue weighted by Crippen LogP contribution is -3.27. The molecule has 4 rings (SSSR count). The van der Waals surface area contributed by atoms with E-state index in [0.29, 0.717) is 5.58 Å². The minimum atomic E-state index is -0.252. The predicted molar refractivity (Wildman–Crippen MR) is 114 cm³/mol. The Labute approximate surface area is 171 Å². The molecule has 0 unspecified atom stereocenters. The lowest BCUT2D eigenvalue weighted by atomic mass is 10.0. The van der Waals surface area contributed by atoms with Gasteiger partial charge in [0.15, 0.2) is 0 Å². The lowest BCUT2D eigenvalue weighted by Gasteiger charge is -2.29. The van der Waals surface area contributed by atoms with Gasteiger partial charge < -0.3 is 19.0 Å². The van der Waals surface area contributed by atoms with Crippen molar-refractivity contribution in [3.05, 3.63) is 75.6 Å². The fraction of sp³-hybridized carbons (Fsp3) is 0.375. The molecule has 1 aliphatic heterocycles. The number of hydrogen-bond acceptors (Lipinski definition) is 3. The standard InChI is InChI=1S/C24H28N2O3/c1-18-14-22-20(16-24(27)29-23(22)15-19(18)2)17-26-10-8-25(9-11-26)12-13-28-21-6-4-3-5-7-21/h3-7,14-16H,8-13,17H2,1-2H3/p+2. The predicted octanol–water partition coefficient (Wildman–Crippen LogP) is 0.772. The molecule has 0 radical (unpaired) electrons. The van der Waals surface area contributed by atoms with Gasteiger partial charge in [0.25, 0.3) is 0 Å². The summed E-state index contributed by atoms with van der Waals surface area (Å²) in [5, 5.41) is 1.08. The number of para-hydroxylation sites is 1. The summed E-state index contributed by atoms with van der Waals surface area (Å²) in [6, 6.07) is 15.8. The average Bonchev–Trinajstić information content (AvgIpc) is 2.71. The van der Waals surface area contributed by atoms with E-state index in [1.807, 2.05) is 36.4 Å². The molecule has 1 aliphatic rings. The Morgan fingerprint density at radius 1 is 0.931 bits per heavy atom. The molecule has 0 amide bonds. The van der Waals surface area contributed by atoms with E-state index in [2.05, 4.69) is 19.9 Å². The highest BCUT2D eigenvalue weighted by Gasteiger charge is 2.24. The summed E-state index contributed by atoms with van der Waals surface area (Å²) in [7, 11) is 0. The van der Waals surface area contributed by atoms with Gasteiger partial charge >= 0.3 is 5.63 Å². The van der Waals surface area contributed by atoms with Crippen LogP contribution in [0.1, 0.15) is 16.7 Å². The third kappa shape index (κ3) is 4.86. The summed E-state index contributed by atoms with van der Waals surface area (Å²) in [4.78, 5) is 15.2. The van der Waals surface area contributed by atoms with Crippen molar-refractivity contribution in [3.8, 4) is 5.75 Å². The number of benzene rings is 2. The molecular weight excluding hydrogens is 364 g/mol. The Hall–Kier alpha value is -2.63. The molecule has 5 heteroatoms. The highest BCUT2D eigenvalue weighted by atomic mass is 16.5. The van der Waals surface area contributed by atoms with E-state index in [0.717, 1.165) is 68.1 Å². The summed E-state index contributed by atoms with van der Waals surface area (Å²) in [5.74, 6) is 0.941. The topological polar surface area (TPSA) is 48.3 Å². The second-order valence-electron chi connectivity index (χ2n) is 8.11. The number of ether oxygens (including phenoxy) is 1. The molecule has 29 heavy (non-hydrogen) atoms. The molecule has 0 atom stereocenters. The fourth-order valence-corrected chi connectivity index (χ4v) is 4.11. The number of nitrogens with one attached hydrogen (secondary N) is 2. The number of hydrogen-bond donors (Lipinski definition) is 2. The van der Waals surface area contributed by atoms with Gasteiger partial charge in [0.2, 0.25) is 0 Å². The molecule has 5 nitrogen and oxygen atoms in total. The van der Waals surface area contributed by atoms with Gasteiger partial charge in [-0.3, -0.25) is 0 Å². The van der Waals surface area contributed by atoms with Crippen LogP contribution in [0.5, 0.6) is 5.75 Å². The Balaban J connectivity index is 1.34. The van der Waals surface area contributed by atoms with Crippen LogP contribution in [0, 0.1) is 13.8 Å². The fourth-order valence-electron chi connectivity index (χ4n) is 4.11. The van der Waals surface area contributed by atoms with Crippen molar-refractivity contribution in [2.24, 2.45) is 0 Å². The minimum Gasteiger partial charge on any atom is -0.488 e. The van der Waals surface area contributed by atoms with Crippen LogP contribution in [0.2, 0.25) is 0 Å². The number of rotatable bonds is 6. The molecule has 152 valence electrons. The van der Waals surface area contributed by atoms with Crippen LogP contribution in [0.25, 0.3) is 11.0 Å². The summed E-state index contributed by atoms with van der Waals surface area (Å²) in [6.45, 7) is 11.3. The molecule has 1 aromatic heterocycles. The van der Waals surface area contributed by atoms with Gasteiger partial charge in [0.05, 0.1) is 0 Å². The second-order valence-corrected chi connectivity index (χ2v) is 8.11. The summed E-state index contributed by atoms with van der Waals surface area (Å²) in [5.41, 5.74) is 3.94. The molecule has 2 N–H and O–H groups in total. The van der Waals surface area contributed by atoms with Gasteiger partial charge in [-0.15, -0.1) is 0 Å². The Morgan fingerprint density at radius 3 is 2.38 bits per heavy atom. The van der Waals surface area contributed by atoms with Crippen molar-refractivity contribution >= 4 is 11.0 Å². The van der Waals surface area contributed by atoms with E-state index in [4.69, 9.17) is 9.15 Å². The first-order chi connectivity index (χ1) is 14.1. The van der Waals surface area contributed by atoms with Crippen LogP contribution >= 0.6 is 0 Å². The number of quaternary nitrogens is 2. The summed E-state index contributed by atoms with van der Waals surface area (Å²) < 4.78 is 11.3. The van der Waals surface area contributed by atoms with Crippen LogP contribution < -0.4 is 20.2 Å². The van der Waals surface area contributed by atoms with Crippen LogP contribution in [0.15, 0.2) is 57.7 Å². The first kappa shape index (κ1) is 19.7.